The molecule has 1 aromatic carbocycles. The molecule has 1 amide bonds. The number of thiophene rings is 1. The first-order valence-electron chi connectivity index (χ1n) is 6.82. The smallest absolute Gasteiger partial charge is 0.348 e. The molecule has 0 bridgehead atoms. The zero-order valence-corrected chi connectivity index (χ0v) is 14.5. The zero-order valence-electron chi connectivity index (χ0n) is 12.9. The van der Waals surface area contributed by atoms with Crippen molar-refractivity contribution >= 4 is 46.5 Å². The molecule has 0 aliphatic carbocycles. The average Bonchev–Trinajstić information content (AvgIpc) is 3.00. The molecule has 0 aliphatic heterocycles. The van der Waals surface area contributed by atoms with Gasteiger partial charge in [0.05, 0.1) is 17.0 Å². The summed E-state index contributed by atoms with van der Waals surface area (Å²) < 4.78 is 10.0. The molecule has 0 fully saturated rings. The van der Waals surface area contributed by atoms with Gasteiger partial charge in [0.1, 0.15) is 4.88 Å². The van der Waals surface area contributed by atoms with Crippen LogP contribution in [0.2, 0.25) is 4.34 Å². The van der Waals surface area contributed by atoms with Crippen LogP contribution in [0.3, 0.4) is 0 Å². The molecular formula is C16H14ClNO5S. The third kappa shape index (κ3) is 4.56. The van der Waals surface area contributed by atoms with Crippen LogP contribution in [0, 0.1) is 6.92 Å². The predicted molar refractivity (Wildman–Crippen MR) is 90.8 cm³/mol. The zero-order chi connectivity index (χ0) is 17.7. The molecule has 8 heteroatoms. The van der Waals surface area contributed by atoms with Gasteiger partial charge in [-0.1, -0.05) is 17.7 Å². The van der Waals surface area contributed by atoms with Gasteiger partial charge < -0.3 is 14.8 Å². The standard InChI is InChI=1S/C16H14ClNO5S/c1-9-3-4-10(15(20)22-2)7-11(9)18-14(19)8-23-16(21)12-5-6-13(17)24-12/h3-7H,8H2,1-2H3,(H,18,19). The Kier molecular flexibility index (Phi) is 5.94. The lowest BCUT2D eigenvalue weighted by Crippen LogP contribution is -2.21. The molecule has 0 saturated heterocycles. The first-order valence-corrected chi connectivity index (χ1v) is 8.01. The number of esters is 2. The summed E-state index contributed by atoms with van der Waals surface area (Å²) >= 11 is 6.81. The fourth-order valence-corrected chi connectivity index (χ4v) is 2.75. The van der Waals surface area contributed by atoms with E-state index in [0.717, 1.165) is 16.9 Å². The Morgan fingerprint density at radius 1 is 1.17 bits per heavy atom. The fourth-order valence-electron chi connectivity index (χ4n) is 1.81. The molecule has 0 saturated carbocycles. The van der Waals surface area contributed by atoms with Crippen molar-refractivity contribution in [2.75, 3.05) is 19.0 Å². The van der Waals surface area contributed by atoms with E-state index in [1.807, 2.05) is 0 Å². The van der Waals surface area contributed by atoms with Gasteiger partial charge in [0.25, 0.3) is 5.91 Å². The molecule has 1 aromatic heterocycles. The summed E-state index contributed by atoms with van der Waals surface area (Å²) in [6.07, 6.45) is 0. The van der Waals surface area contributed by atoms with Gasteiger partial charge in [0.2, 0.25) is 0 Å². The van der Waals surface area contributed by atoms with Gasteiger partial charge >= 0.3 is 11.9 Å². The van der Waals surface area contributed by atoms with Crippen LogP contribution >= 0.6 is 22.9 Å². The number of nitrogens with one attached hydrogen (secondary N) is 1. The largest absolute Gasteiger partial charge is 0.465 e. The predicted octanol–water partition coefficient (Wildman–Crippen LogP) is 3.29. The number of amides is 1. The van der Waals surface area contributed by atoms with Crippen LogP contribution in [0.5, 0.6) is 0 Å². The molecule has 0 spiro atoms. The Labute approximate surface area is 147 Å². The lowest BCUT2D eigenvalue weighted by atomic mass is 10.1. The third-order valence-electron chi connectivity index (χ3n) is 3.04. The number of rotatable bonds is 5. The second kappa shape index (κ2) is 7.94. The normalized spacial score (nSPS) is 10.1. The Bertz CT molecular complexity index is 787. The Morgan fingerprint density at radius 2 is 1.92 bits per heavy atom. The number of methoxy groups -OCH3 is 1. The lowest BCUT2D eigenvalue weighted by molar-refractivity contribution is -0.119. The highest BCUT2D eigenvalue weighted by atomic mass is 35.5. The minimum atomic E-state index is -0.623. The van der Waals surface area contributed by atoms with Gasteiger partial charge in [-0.3, -0.25) is 4.79 Å². The maximum atomic E-state index is 11.9. The van der Waals surface area contributed by atoms with E-state index >= 15 is 0 Å². The quantitative estimate of drug-likeness (QED) is 0.820. The van der Waals surface area contributed by atoms with Crippen LogP contribution in [-0.4, -0.2) is 31.6 Å². The molecule has 0 unspecified atom stereocenters. The van der Waals surface area contributed by atoms with Crippen molar-refractivity contribution in [3.05, 3.63) is 50.7 Å². The number of halogens is 1. The van der Waals surface area contributed by atoms with E-state index in [0.29, 0.717) is 20.5 Å². The minimum absolute atomic E-state index is 0.309. The highest BCUT2D eigenvalue weighted by Crippen LogP contribution is 2.22. The number of carbonyl (C=O) groups excluding carboxylic acids is 3. The van der Waals surface area contributed by atoms with Crippen LogP contribution in [0.1, 0.15) is 25.6 Å². The monoisotopic (exact) mass is 367 g/mol. The molecule has 126 valence electrons. The van der Waals surface area contributed by atoms with E-state index in [1.165, 1.54) is 19.2 Å². The molecule has 0 atom stereocenters. The SMILES string of the molecule is COC(=O)c1ccc(C)c(NC(=O)COC(=O)c2ccc(Cl)s2)c1. The van der Waals surface area contributed by atoms with Gasteiger partial charge in [-0.15, -0.1) is 11.3 Å². The number of ether oxygens (including phenoxy) is 2. The van der Waals surface area contributed by atoms with Gasteiger partial charge in [-0.05, 0) is 36.8 Å². The molecule has 2 rings (SSSR count). The second-order valence-corrected chi connectivity index (χ2v) is 6.46. The van der Waals surface area contributed by atoms with Crippen molar-refractivity contribution < 1.29 is 23.9 Å². The van der Waals surface area contributed by atoms with Crippen LogP contribution in [-0.2, 0) is 14.3 Å². The Morgan fingerprint density at radius 3 is 2.54 bits per heavy atom. The first kappa shape index (κ1) is 18.0. The average molecular weight is 368 g/mol. The van der Waals surface area contributed by atoms with Crippen LogP contribution in [0.15, 0.2) is 30.3 Å². The minimum Gasteiger partial charge on any atom is -0.465 e. The van der Waals surface area contributed by atoms with Crippen LogP contribution < -0.4 is 5.32 Å². The third-order valence-corrected chi connectivity index (χ3v) is 4.25. The van der Waals surface area contributed by atoms with Crippen molar-refractivity contribution in [3.63, 3.8) is 0 Å². The van der Waals surface area contributed by atoms with Crippen LogP contribution in [0.25, 0.3) is 0 Å². The summed E-state index contributed by atoms with van der Waals surface area (Å²) in [7, 11) is 1.27. The second-order valence-electron chi connectivity index (χ2n) is 4.75. The summed E-state index contributed by atoms with van der Waals surface area (Å²) in [5, 5.41) is 2.60. The fraction of sp³-hybridized carbons (Fsp3) is 0.188. The van der Waals surface area contributed by atoms with Crippen LogP contribution in [0.4, 0.5) is 5.69 Å². The van der Waals surface area contributed by atoms with Gasteiger partial charge in [0.15, 0.2) is 6.61 Å². The summed E-state index contributed by atoms with van der Waals surface area (Å²) in [6, 6.07) is 7.88. The number of carbonyl (C=O) groups is 3. The van der Waals surface area contributed by atoms with E-state index in [2.05, 4.69) is 10.1 Å². The first-order chi connectivity index (χ1) is 11.4. The topological polar surface area (TPSA) is 81.7 Å². The number of hydrogen-bond donors (Lipinski definition) is 1. The molecule has 0 radical (unpaired) electrons. The summed E-state index contributed by atoms with van der Waals surface area (Å²) in [5.74, 6) is -1.65. The molecular weight excluding hydrogens is 354 g/mol. The number of hydrogen-bond acceptors (Lipinski definition) is 6. The molecule has 0 aliphatic rings. The summed E-state index contributed by atoms with van der Waals surface area (Å²) in [4.78, 5) is 35.5. The van der Waals surface area contributed by atoms with Gasteiger partial charge in [0, 0.05) is 5.69 Å². The number of benzene rings is 1. The molecule has 6 nitrogen and oxygen atoms in total. The molecule has 2 aromatic rings. The van der Waals surface area contributed by atoms with Crippen molar-refractivity contribution in [2.45, 2.75) is 6.92 Å². The van der Waals surface area contributed by atoms with E-state index in [1.54, 1.807) is 25.1 Å². The number of anilines is 1. The molecule has 24 heavy (non-hydrogen) atoms. The summed E-state index contributed by atoms with van der Waals surface area (Å²) in [6.45, 7) is 1.33. The molecule has 1 N–H and O–H groups in total. The van der Waals surface area contributed by atoms with E-state index in [9.17, 15) is 14.4 Å². The van der Waals surface area contributed by atoms with E-state index in [-0.39, 0.29) is 0 Å². The lowest BCUT2D eigenvalue weighted by Gasteiger charge is -2.10. The van der Waals surface area contributed by atoms with Crippen molar-refractivity contribution in [2.24, 2.45) is 0 Å². The van der Waals surface area contributed by atoms with Gasteiger partial charge in [-0.2, -0.15) is 0 Å². The molecule has 1 heterocycles. The maximum absolute atomic E-state index is 11.9. The number of aryl methyl sites for hydroxylation is 1. The van der Waals surface area contributed by atoms with E-state index < -0.39 is 24.5 Å². The Balaban J connectivity index is 1.97. The van der Waals surface area contributed by atoms with Crippen molar-refractivity contribution in [1.82, 2.24) is 0 Å². The highest BCUT2D eigenvalue weighted by Gasteiger charge is 2.14. The Hall–Kier alpha value is -2.38. The van der Waals surface area contributed by atoms with E-state index in [4.69, 9.17) is 16.3 Å². The summed E-state index contributed by atoms with van der Waals surface area (Å²) in [5.41, 5.74) is 1.51. The maximum Gasteiger partial charge on any atom is 0.348 e. The highest BCUT2D eigenvalue weighted by molar-refractivity contribution is 7.17. The van der Waals surface area contributed by atoms with Crippen molar-refractivity contribution in [3.8, 4) is 0 Å². The van der Waals surface area contributed by atoms with Gasteiger partial charge in [-0.25, -0.2) is 9.59 Å². The van der Waals surface area contributed by atoms with Crippen molar-refractivity contribution in [1.29, 1.82) is 0 Å².